The van der Waals surface area contributed by atoms with Gasteiger partial charge in [-0.25, -0.2) is 9.98 Å². The molecule has 0 saturated carbocycles. The molecule has 3 N–H and O–H groups in total. The van der Waals surface area contributed by atoms with Crippen LogP contribution in [0.4, 0.5) is 22.7 Å². The zero-order chi connectivity index (χ0) is 51.3. The molecule has 4 aromatic carbocycles. The minimum absolute atomic E-state index is 0.368. The SMILES string of the molecule is CC(=NCCCCCN=C(Nc1c(C)cccc1C)N(C(C)C)C(C)C)Nc1c(C)cccc1C.CC(C)NC(C)C.Cc1cccc(C)c1N=C=NCCCCCN=C=Nc1c(C)cccc1C. The molecule has 0 aliphatic heterocycles. The first-order valence-electron chi connectivity index (χ1n) is 25.5. The van der Waals surface area contributed by atoms with Gasteiger partial charge in [0, 0.05) is 61.7 Å². The van der Waals surface area contributed by atoms with Crippen LogP contribution >= 0.6 is 0 Å². The van der Waals surface area contributed by atoms with Gasteiger partial charge in [-0.3, -0.25) is 9.98 Å². The molecule has 0 aliphatic carbocycles. The average molecular weight is 939 g/mol. The molecule has 0 spiro atoms. The van der Waals surface area contributed by atoms with Gasteiger partial charge in [-0.2, -0.15) is 9.98 Å². The van der Waals surface area contributed by atoms with Crippen molar-refractivity contribution in [3.63, 3.8) is 0 Å². The third kappa shape index (κ3) is 23.5. The molecular formula is C59H90N10. The molecule has 0 aliphatic rings. The molecule has 376 valence electrons. The molecule has 4 aromatic rings. The molecular weight excluding hydrogens is 849 g/mol. The van der Waals surface area contributed by atoms with E-state index in [9.17, 15) is 0 Å². The summed E-state index contributed by atoms with van der Waals surface area (Å²) in [5.74, 6) is 1.95. The van der Waals surface area contributed by atoms with E-state index in [2.05, 4.69) is 224 Å². The summed E-state index contributed by atoms with van der Waals surface area (Å²) in [5, 5.41) is 10.5. The van der Waals surface area contributed by atoms with Crippen LogP contribution in [0.15, 0.2) is 103 Å². The fraction of sp³-hybridized carbons (Fsp3) is 0.525. The van der Waals surface area contributed by atoms with Gasteiger partial charge < -0.3 is 20.9 Å². The second-order valence-corrected chi connectivity index (χ2v) is 19.3. The maximum absolute atomic E-state index is 5.04. The van der Waals surface area contributed by atoms with Gasteiger partial charge in [-0.1, -0.05) is 100 Å². The summed E-state index contributed by atoms with van der Waals surface area (Å²) >= 11 is 0. The van der Waals surface area contributed by atoms with Crippen molar-refractivity contribution in [1.29, 1.82) is 0 Å². The van der Waals surface area contributed by atoms with E-state index < -0.39 is 0 Å². The van der Waals surface area contributed by atoms with E-state index >= 15 is 0 Å². The van der Waals surface area contributed by atoms with Crippen LogP contribution in [0.3, 0.4) is 0 Å². The standard InChI is InChI=1S/C30H47N5.C23H28N4.C6H15N/c1-21(2)35(22(3)4)30(34-29-25(7)17-14-18-26(29)8)32-20-12-10-11-19-31-27(9)33-28-23(5)15-13-16-24(28)6;1-18-10-8-11-19(2)22(18)26-16-24-14-6-5-7-15-25-17-27-23-20(3)12-9-13-21(23)4;1-5(2)7-6(3)4/h13-18,21-22H,10-12,19-20H2,1-9H3,(H,31,33)(H,32,34);8-13H,5-7,14-15H2,1-4H3;5-7H,1-4H3. The smallest absolute Gasteiger partial charge is 0.198 e. The number of amidine groups is 1. The van der Waals surface area contributed by atoms with Gasteiger partial charge in [0.2, 0.25) is 0 Å². The van der Waals surface area contributed by atoms with Crippen molar-refractivity contribution in [1.82, 2.24) is 10.2 Å². The first kappa shape index (κ1) is 59.5. The molecule has 10 heteroatoms. The summed E-state index contributed by atoms with van der Waals surface area (Å²) in [6, 6.07) is 32.7. The van der Waals surface area contributed by atoms with E-state index in [0.29, 0.717) is 24.2 Å². The molecule has 10 nitrogen and oxygen atoms in total. The van der Waals surface area contributed by atoms with E-state index in [1.165, 1.54) is 33.6 Å². The van der Waals surface area contributed by atoms with Crippen molar-refractivity contribution >= 4 is 46.6 Å². The highest BCUT2D eigenvalue weighted by Crippen LogP contribution is 2.24. The van der Waals surface area contributed by atoms with E-state index in [-0.39, 0.29) is 0 Å². The molecule has 0 saturated heterocycles. The number of nitrogens with zero attached hydrogens (tertiary/aromatic N) is 7. The summed E-state index contributed by atoms with van der Waals surface area (Å²) in [7, 11) is 0. The molecule has 0 bridgehead atoms. The Morgan fingerprint density at radius 1 is 0.449 bits per heavy atom. The van der Waals surface area contributed by atoms with Gasteiger partial charge in [0.25, 0.3) is 0 Å². The minimum atomic E-state index is 0.368. The van der Waals surface area contributed by atoms with Crippen LogP contribution in [0.2, 0.25) is 0 Å². The van der Waals surface area contributed by atoms with E-state index in [1.54, 1.807) is 0 Å². The monoisotopic (exact) mass is 939 g/mol. The molecule has 69 heavy (non-hydrogen) atoms. The third-order valence-electron chi connectivity index (χ3n) is 11.3. The van der Waals surface area contributed by atoms with E-state index in [1.807, 2.05) is 19.1 Å². The van der Waals surface area contributed by atoms with E-state index in [0.717, 1.165) is 110 Å². The number of hydrogen-bond acceptors (Lipinski definition) is 7. The van der Waals surface area contributed by atoms with Gasteiger partial charge in [0.1, 0.15) is 0 Å². The first-order chi connectivity index (χ1) is 32.8. The lowest BCUT2D eigenvalue weighted by Crippen LogP contribution is -2.46. The molecule has 0 fully saturated rings. The summed E-state index contributed by atoms with van der Waals surface area (Å²) in [6.45, 7) is 39.5. The van der Waals surface area contributed by atoms with Crippen molar-refractivity contribution in [3.8, 4) is 0 Å². The molecule has 4 rings (SSSR count). The largest absolute Gasteiger partial charge is 0.344 e. The predicted octanol–water partition coefficient (Wildman–Crippen LogP) is 15.3. The zero-order valence-corrected chi connectivity index (χ0v) is 45.9. The molecule has 0 aromatic heterocycles. The maximum atomic E-state index is 5.04. The molecule has 0 radical (unpaired) electrons. The summed E-state index contributed by atoms with van der Waals surface area (Å²) in [6.07, 6.45) is 6.34. The zero-order valence-electron chi connectivity index (χ0n) is 45.9. The van der Waals surface area contributed by atoms with Crippen molar-refractivity contribution < 1.29 is 0 Å². The van der Waals surface area contributed by atoms with Gasteiger partial charge >= 0.3 is 0 Å². The molecule has 0 heterocycles. The number of guanidine groups is 1. The fourth-order valence-electron chi connectivity index (χ4n) is 7.92. The lowest BCUT2D eigenvalue weighted by molar-refractivity contribution is 0.290. The number of benzene rings is 4. The van der Waals surface area contributed by atoms with Crippen molar-refractivity contribution in [3.05, 3.63) is 117 Å². The van der Waals surface area contributed by atoms with Crippen LogP contribution in [-0.4, -0.2) is 79.1 Å². The number of rotatable bonds is 20. The van der Waals surface area contributed by atoms with Crippen LogP contribution in [0.25, 0.3) is 0 Å². The average Bonchev–Trinajstić information content (AvgIpc) is 3.26. The van der Waals surface area contributed by atoms with Gasteiger partial charge in [0.05, 0.1) is 29.2 Å². The number of aliphatic imine (C=N–C) groups is 6. The van der Waals surface area contributed by atoms with Gasteiger partial charge in [-0.05, 0) is 173 Å². The third-order valence-corrected chi connectivity index (χ3v) is 11.3. The Morgan fingerprint density at radius 2 is 0.783 bits per heavy atom. The lowest BCUT2D eigenvalue weighted by atomic mass is 10.1. The highest BCUT2D eigenvalue weighted by Gasteiger charge is 2.19. The number of unbranched alkanes of at least 4 members (excludes halogenated alkanes) is 4. The topological polar surface area (TPSA) is 113 Å². The summed E-state index contributed by atoms with van der Waals surface area (Å²) < 4.78 is 0. The van der Waals surface area contributed by atoms with Crippen LogP contribution in [0.5, 0.6) is 0 Å². The van der Waals surface area contributed by atoms with Crippen molar-refractivity contribution in [2.24, 2.45) is 30.0 Å². The lowest BCUT2D eigenvalue weighted by Gasteiger charge is -2.34. The maximum Gasteiger partial charge on any atom is 0.198 e. The minimum Gasteiger partial charge on any atom is -0.344 e. The summed E-state index contributed by atoms with van der Waals surface area (Å²) in [4.78, 5) is 29.4. The Morgan fingerprint density at radius 3 is 1.13 bits per heavy atom. The normalized spacial score (nSPS) is 11.3. The Hall–Kier alpha value is -5.66. The van der Waals surface area contributed by atoms with Crippen LogP contribution in [-0.2, 0) is 0 Å². The predicted molar refractivity (Wildman–Crippen MR) is 303 cm³/mol. The van der Waals surface area contributed by atoms with Gasteiger partial charge in [-0.15, -0.1) is 0 Å². The second kappa shape index (κ2) is 33.0. The van der Waals surface area contributed by atoms with Crippen LogP contribution in [0.1, 0.15) is 145 Å². The second-order valence-electron chi connectivity index (χ2n) is 19.3. The highest BCUT2D eigenvalue weighted by molar-refractivity contribution is 5.96. The number of anilines is 2. The Balaban J connectivity index is 0.000000425. The Kier molecular flexibility index (Phi) is 28.4. The molecule has 0 amide bonds. The number of hydrogen-bond donors (Lipinski definition) is 3. The molecule has 0 atom stereocenters. The quantitative estimate of drug-likeness (QED) is 0.0465. The first-order valence-corrected chi connectivity index (χ1v) is 25.5. The Bertz CT molecular complexity index is 2150. The van der Waals surface area contributed by atoms with Crippen LogP contribution < -0.4 is 16.0 Å². The van der Waals surface area contributed by atoms with E-state index in [4.69, 9.17) is 9.98 Å². The number of aryl methyl sites for hydroxylation is 8. The van der Waals surface area contributed by atoms with Crippen molar-refractivity contribution in [2.75, 3.05) is 36.8 Å². The van der Waals surface area contributed by atoms with Crippen molar-refractivity contribution in [2.45, 2.75) is 180 Å². The van der Waals surface area contributed by atoms with Crippen LogP contribution in [0, 0.1) is 55.4 Å². The molecule has 0 unspecified atom stereocenters. The number of para-hydroxylation sites is 4. The Labute approximate surface area is 419 Å². The van der Waals surface area contributed by atoms with Gasteiger partial charge in [0.15, 0.2) is 5.96 Å². The summed E-state index contributed by atoms with van der Waals surface area (Å²) in [5.41, 5.74) is 13.9. The highest BCUT2D eigenvalue weighted by atomic mass is 15.3. The fourth-order valence-corrected chi connectivity index (χ4v) is 7.92. The number of nitrogens with one attached hydrogen (secondary N) is 3.